The molecule has 6 aromatic carbocycles. The number of aromatic nitrogens is 3. The summed E-state index contributed by atoms with van der Waals surface area (Å²) in [6.07, 6.45) is 7.64. The number of aryl methyl sites for hydroxylation is 7. The van der Waals surface area contributed by atoms with Crippen molar-refractivity contribution in [3.63, 3.8) is 0 Å². The van der Waals surface area contributed by atoms with Gasteiger partial charge in [-0.15, -0.1) is 106 Å². The maximum Gasteiger partial charge on any atom is 0.159 e. The first-order valence-corrected chi connectivity index (χ1v) is 32.3. The van der Waals surface area contributed by atoms with E-state index in [9.17, 15) is 19.5 Å². The molecule has 3 radical (unpaired) electrons. The number of ketones is 3. The Morgan fingerprint density at radius 1 is 0.469 bits per heavy atom. The molecule has 0 fully saturated rings. The van der Waals surface area contributed by atoms with Crippen LogP contribution in [0.25, 0.3) is 66.7 Å². The SMILES string of the molecule is CC(=O)C(C)=C(C)O.CC(=O)C=C(C)O.CC(C)CC(=O)C=C(O)CC(C)C.Cc1[c-]c(-c2cc(CC(C)C)c3cc(C)ccc3n2)cc(C)c1.Cc1[c-]c(-c2cc(CC(C)C)c3ccccc3n2)cc(C)c1.Cc1cc(C)cc(-c2ccnc(-c3[c-]cccc3)c2)c1.[Ir].[Ir].[Ir]. The van der Waals surface area contributed by atoms with Gasteiger partial charge in [0.2, 0.25) is 0 Å². The van der Waals surface area contributed by atoms with E-state index in [1.165, 1.54) is 101 Å². The van der Waals surface area contributed by atoms with E-state index in [0.717, 1.165) is 68.8 Å². The van der Waals surface area contributed by atoms with Crippen LogP contribution in [0.3, 0.4) is 0 Å². The maximum atomic E-state index is 11.2. The van der Waals surface area contributed by atoms with Gasteiger partial charge in [0.25, 0.3) is 0 Å². The number of carbonyl (C=O) groups excluding carboxylic acids is 3. The second-order valence-electron chi connectivity index (χ2n) is 26.1. The number of pyridine rings is 3. The summed E-state index contributed by atoms with van der Waals surface area (Å²) < 4.78 is 0. The third-order valence-corrected chi connectivity index (χ3v) is 14.3. The summed E-state index contributed by atoms with van der Waals surface area (Å²) in [5.74, 6) is 2.20. The first-order valence-electron chi connectivity index (χ1n) is 32.3. The molecule has 3 heterocycles. The van der Waals surface area contributed by atoms with Crippen molar-refractivity contribution in [1.29, 1.82) is 0 Å². The van der Waals surface area contributed by atoms with E-state index in [4.69, 9.17) is 20.2 Å². The zero-order chi connectivity index (χ0) is 69.2. The number of nitrogens with zero attached hydrogens (tertiary/aromatic N) is 3. The molecule has 0 aliphatic rings. The second-order valence-corrected chi connectivity index (χ2v) is 26.1. The minimum atomic E-state index is -0.125. The van der Waals surface area contributed by atoms with Crippen LogP contribution in [0, 0.1) is 90.3 Å². The topological polar surface area (TPSA) is 151 Å². The second kappa shape index (κ2) is 43.2. The summed E-state index contributed by atoms with van der Waals surface area (Å²) in [7, 11) is 0. The predicted octanol–water partition coefficient (Wildman–Crippen LogP) is 21.7. The Kier molecular flexibility index (Phi) is 39.1. The third kappa shape index (κ3) is 31.4. The van der Waals surface area contributed by atoms with Gasteiger partial charge in [0, 0.05) is 108 Å². The molecule has 3 N–H and O–H groups in total. The van der Waals surface area contributed by atoms with Gasteiger partial charge in [-0.1, -0.05) is 160 Å². The molecule has 3 aromatic heterocycles. The average molecular weight is 1820 g/mol. The summed E-state index contributed by atoms with van der Waals surface area (Å²) in [5.41, 5.74) is 22.7. The van der Waals surface area contributed by atoms with Gasteiger partial charge in [0.05, 0.1) is 28.3 Å². The number of hydrogen-bond donors (Lipinski definition) is 3. The first kappa shape index (κ1) is 86.9. The molecule has 0 spiro atoms. The minimum absolute atomic E-state index is 0. The Hall–Kier alpha value is -7.13. The number of carbonyl (C=O) groups is 3. The van der Waals surface area contributed by atoms with Crippen molar-refractivity contribution in [2.45, 2.75) is 164 Å². The molecule has 0 saturated carbocycles. The van der Waals surface area contributed by atoms with Gasteiger partial charge in [-0.25, -0.2) is 0 Å². The van der Waals surface area contributed by atoms with E-state index in [-0.39, 0.29) is 94.9 Å². The molecule has 0 bridgehead atoms. The van der Waals surface area contributed by atoms with Crippen molar-refractivity contribution in [1.82, 2.24) is 15.0 Å². The summed E-state index contributed by atoms with van der Waals surface area (Å²) >= 11 is 0. The van der Waals surface area contributed by atoms with Crippen molar-refractivity contribution in [2.24, 2.45) is 23.7 Å². The van der Waals surface area contributed by atoms with Gasteiger partial charge >= 0.3 is 0 Å². The third-order valence-electron chi connectivity index (χ3n) is 14.3. The van der Waals surface area contributed by atoms with E-state index in [1.807, 2.05) is 58.2 Å². The van der Waals surface area contributed by atoms with Crippen LogP contribution in [0.1, 0.15) is 153 Å². The summed E-state index contributed by atoms with van der Waals surface area (Å²) in [5, 5.41) is 28.9. The number of para-hydroxylation sites is 1. The van der Waals surface area contributed by atoms with Crippen LogP contribution in [0.2, 0.25) is 0 Å². The first-order chi connectivity index (χ1) is 43.8. The Morgan fingerprint density at radius 3 is 1.41 bits per heavy atom. The zero-order valence-electron chi connectivity index (χ0n) is 60.0. The number of aliphatic hydroxyl groups is 3. The number of allylic oxidation sites excluding steroid dienone is 6. The Morgan fingerprint density at radius 2 is 0.969 bits per heavy atom. The molecule has 0 aliphatic carbocycles. The molecule has 0 unspecified atom stereocenters. The number of aliphatic hydroxyl groups excluding tert-OH is 3. The van der Waals surface area contributed by atoms with Crippen molar-refractivity contribution >= 4 is 39.2 Å². The van der Waals surface area contributed by atoms with Crippen molar-refractivity contribution in [3.05, 3.63) is 243 Å². The molecule has 9 nitrogen and oxygen atoms in total. The summed E-state index contributed by atoms with van der Waals surface area (Å²) in [6.45, 7) is 39.3. The van der Waals surface area contributed by atoms with Crippen LogP contribution in [0.4, 0.5) is 0 Å². The molecular formula is C84H100Ir3N3O6-3. The molecule has 96 heavy (non-hydrogen) atoms. The number of rotatable bonds is 15. The molecule has 9 aromatic rings. The largest absolute Gasteiger partial charge is 0.512 e. The molecule has 517 valence electrons. The normalized spacial score (nSPS) is 11.1. The van der Waals surface area contributed by atoms with E-state index in [0.29, 0.717) is 42.1 Å². The zero-order valence-corrected chi connectivity index (χ0v) is 67.2. The van der Waals surface area contributed by atoms with Crippen LogP contribution >= 0.6 is 0 Å². The fraction of sp³-hybridized carbons (Fsp3) is 0.333. The van der Waals surface area contributed by atoms with Crippen LogP contribution in [0.15, 0.2) is 175 Å². The van der Waals surface area contributed by atoms with Crippen LogP contribution < -0.4 is 0 Å². The van der Waals surface area contributed by atoms with Gasteiger partial charge in [0.1, 0.15) is 0 Å². The molecular weight excluding hydrogens is 1720 g/mol. The summed E-state index contributed by atoms with van der Waals surface area (Å²) in [4.78, 5) is 45.8. The van der Waals surface area contributed by atoms with Crippen LogP contribution in [-0.4, -0.2) is 47.6 Å². The average Bonchev–Trinajstić information content (AvgIpc) is 0.807. The molecule has 0 aliphatic heterocycles. The Balaban J connectivity index is 0.000000599. The van der Waals surface area contributed by atoms with Gasteiger partial charge in [0.15, 0.2) is 17.3 Å². The quantitative estimate of drug-likeness (QED) is 0.0518. The minimum Gasteiger partial charge on any atom is -0.512 e. The van der Waals surface area contributed by atoms with Gasteiger partial charge in [-0.05, 0) is 156 Å². The van der Waals surface area contributed by atoms with E-state index in [1.54, 1.807) is 6.92 Å². The predicted molar refractivity (Wildman–Crippen MR) is 390 cm³/mol. The standard InChI is InChI=1S/C22H24N.C21H22N.C19H16N.C11H20O2.C6H10O2.C5H8O2.3Ir/c1-14(2)8-18-13-22(19-10-16(4)9-17(5)11-19)23-21-7-6-15(3)12-20(18)21;1-14(2)9-17-13-21(18-11-15(3)10-16(4)12-18)22-20-8-6-5-7-19(17)20;1-14-10-15(2)12-18(11-14)17-8-9-20-19(13-17)16-6-4-3-5-7-16;1-8(2)5-10(12)7-11(13)6-9(3)4;1-4(5(2)7)6(3)8;1-4(6)3-5(2)7;;;/h6-7,9-10,12-14H,8H2,1-5H3;5-8,10-11,13-14H,9H2,1-4H3;3-6,8-13H,1-2H3;7-9,12H,5-6H2,1-4H3;7H,1-3H3;3,6H,1-2H3;;;/q3*-1;;;;;;. The molecule has 0 amide bonds. The monoisotopic (exact) mass is 1830 g/mol. The number of benzene rings is 6. The fourth-order valence-corrected chi connectivity index (χ4v) is 10.3. The molecule has 9 rings (SSSR count). The number of fused-ring (bicyclic) bond motifs is 2. The number of Topliss-reactive ketones (excluding diaryl/α,β-unsaturated/α-hetero) is 1. The molecule has 0 atom stereocenters. The van der Waals surface area contributed by atoms with Gasteiger partial charge in [-0.3, -0.25) is 24.4 Å². The maximum absolute atomic E-state index is 11.2. The van der Waals surface area contributed by atoms with Crippen LogP contribution in [0.5, 0.6) is 0 Å². The van der Waals surface area contributed by atoms with Crippen LogP contribution in [-0.2, 0) is 87.5 Å². The Labute approximate surface area is 615 Å². The molecule has 12 heteroatoms. The van der Waals surface area contributed by atoms with Crippen molar-refractivity contribution in [2.75, 3.05) is 0 Å². The van der Waals surface area contributed by atoms with Crippen molar-refractivity contribution < 1.29 is 90.0 Å². The van der Waals surface area contributed by atoms with E-state index >= 15 is 0 Å². The van der Waals surface area contributed by atoms with Gasteiger partial charge < -0.3 is 20.3 Å². The number of hydrogen-bond acceptors (Lipinski definition) is 9. The van der Waals surface area contributed by atoms with E-state index in [2.05, 4.69) is 209 Å². The summed E-state index contributed by atoms with van der Waals surface area (Å²) in [6, 6.07) is 57.0. The fourth-order valence-electron chi connectivity index (χ4n) is 10.3. The van der Waals surface area contributed by atoms with Crippen molar-refractivity contribution in [3.8, 4) is 44.9 Å². The molecule has 0 saturated heterocycles. The smallest absolute Gasteiger partial charge is 0.159 e. The Bertz CT molecular complexity index is 4000. The van der Waals surface area contributed by atoms with E-state index < -0.39 is 0 Å². The van der Waals surface area contributed by atoms with Gasteiger partial charge in [-0.2, -0.15) is 0 Å².